The summed E-state index contributed by atoms with van der Waals surface area (Å²) in [5, 5.41) is 8.62. The van der Waals surface area contributed by atoms with Crippen molar-refractivity contribution in [3.63, 3.8) is 0 Å². The van der Waals surface area contributed by atoms with Gasteiger partial charge in [0.25, 0.3) is 0 Å². The van der Waals surface area contributed by atoms with Crippen LogP contribution in [0.25, 0.3) is 0 Å². The predicted molar refractivity (Wildman–Crippen MR) is 35.2 cm³/mol. The first-order valence-corrected chi connectivity index (χ1v) is 2.94. The third kappa shape index (κ3) is 7.59. The number of carbonyl (C=O) groups is 1. The van der Waals surface area contributed by atoms with Crippen molar-refractivity contribution in [3.8, 4) is 0 Å². The van der Waals surface area contributed by atoms with Crippen LogP contribution >= 0.6 is 0 Å². The SMILES string of the molecule is CCCCC(O)C=O.O. The zero-order valence-electron chi connectivity index (χ0n) is 5.63. The molecule has 0 aliphatic carbocycles. The van der Waals surface area contributed by atoms with Crippen molar-refractivity contribution < 1.29 is 15.4 Å². The van der Waals surface area contributed by atoms with Crippen LogP contribution in [0.1, 0.15) is 26.2 Å². The second-order valence-electron chi connectivity index (χ2n) is 1.85. The fourth-order valence-electron chi connectivity index (χ4n) is 0.481. The molecule has 0 amide bonds. The molecule has 1 atom stereocenters. The minimum Gasteiger partial charge on any atom is -0.412 e. The second-order valence-corrected chi connectivity index (χ2v) is 1.85. The van der Waals surface area contributed by atoms with Crippen LogP contribution in [0.3, 0.4) is 0 Å². The largest absolute Gasteiger partial charge is 0.412 e. The van der Waals surface area contributed by atoms with Gasteiger partial charge in [-0.2, -0.15) is 0 Å². The zero-order chi connectivity index (χ0) is 6.41. The van der Waals surface area contributed by atoms with Crippen LogP contribution < -0.4 is 0 Å². The normalized spacial score (nSPS) is 11.8. The van der Waals surface area contributed by atoms with E-state index in [9.17, 15) is 4.79 Å². The number of aliphatic hydroxyl groups excluding tert-OH is 1. The van der Waals surface area contributed by atoms with Gasteiger partial charge >= 0.3 is 0 Å². The van der Waals surface area contributed by atoms with E-state index >= 15 is 0 Å². The summed E-state index contributed by atoms with van der Waals surface area (Å²) in [6.07, 6.45) is 2.43. The van der Waals surface area contributed by atoms with Crippen molar-refractivity contribution in [2.24, 2.45) is 0 Å². The molecule has 9 heavy (non-hydrogen) atoms. The number of hydrogen-bond donors (Lipinski definition) is 1. The molecule has 0 bridgehead atoms. The lowest BCUT2D eigenvalue weighted by molar-refractivity contribution is -0.115. The van der Waals surface area contributed by atoms with Gasteiger partial charge in [0.05, 0.1) is 0 Å². The predicted octanol–water partition coefficient (Wildman–Crippen LogP) is -0.0883. The van der Waals surface area contributed by atoms with Crippen LogP contribution in [0.5, 0.6) is 0 Å². The van der Waals surface area contributed by atoms with Gasteiger partial charge in [0, 0.05) is 0 Å². The highest BCUT2D eigenvalue weighted by atomic mass is 16.3. The summed E-state index contributed by atoms with van der Waals surface area (Å²) in [7, 11) is 0. The Labute approximate surface area is 55.0 Å². The minimum absolute atomic E-state index is 0. The molecule has 0 aromatic heterocycles. The molecular formula is C6H14O3. The smallest absolute Gasteiger partial charge is 0.148 e. The summed E-state index contributed by atoms with van der Waals surface area (Å²) in [6, 6.07) is 0. The van der Waals surface area contributed by atoms with Crippen molar-refractivity contribution in [1.29, 1.82) is 0 Å². The molecule has 0 saturated heterocycles. The monoisotopic (exact) mass is 134 g/mol. The maximum absolute atomic E-state index is 9.76. The molecule has 0 aromatic carbocycles. The van der Waals surface area contributed by atoms with E-state index in [0.29, 0.717) is 12.7 Å². The molecule has 0 radical (unpaired) electrons. The van der Waals surface area contributed by atoms with E-state index in [1.807, 2.05) is 6.92 Å². The van der Waals surface area contributed by atoms with E-state index < -0.39 is 6.10 Å². The lowest BCUT2D eigenvalue weighted by Crippen LogP contribution is -2.06. The van der Waals surface area contributed by atoms with Gasteiger partial charge in [-0.25, -0.2) is 0 Å². The van der Waals surface area contributed by atoms with Gasteiger partial charge in [0.1, 0.15) is 12.4 Å². The van der Waals surface area contributed by atoms with Crippen LogP contribution in [0.4, 0.5) is 0 Å². The number of aliphatic hydroxyl groups is 1. The Morgan fingerprint density at radius 1 is 1.67 bits per heavy atom. The summed E-state index contributed by atoms with van der Waals surface area (Å²) in [5.74, 6) is 0. The van der Waals surface area contributed by atoms with Crippen molar-refractivity contribution >= 4 is 6.29 Å². The Morgan fingerprint density at radius 3 is 2.56 bits per heavy atom. The molecule has 0 aromatic rings. The number of unbranched alkanes of at least 4 members (excludes halogenated alkanes) is 1. The zero-order valence-corrected chi connectivity index (χ0v) is 5.63. The quantitative estimate of drug-likeness (QED) is 0.546. The van der Waals surface area contributed by atoms with Crippen molar-refractivity contribution in [1.82, 2.24) is 0 Å². The van der Waals surface area contributed by atoms with Gasteiger partial charge in [-0.05, 0) is 6.42 Å². The molecule has 0 spiro atoms. The lowest BCUT2D eigenvalue weighted by Gasteiger charge is -1.97. The van der Waals surface area contributed by atoms with Crippen molar-refractivity contribution in [2.45, 2.75) is 32.3 Å². The highest BCUT2D eigenvalue weighted by Gasteiger charge is 1.97. The summed E-state index contributed by atoms with van der Waals surface area (Å²) >= 11 is 0. The number of aldehydes is 1. The van der Waals surface area contributed by atoms with E-state index in [-0.39, 0.29) is 5.48 Å². The van der Waals surface area contributed by atoms with E-state index in [2.05, 4.69) is 0 Å². The Hall–Kier alpha value is -0.410. The molecule has 3 N–H and O–H groups in total. The third-order valence-corrected chi connectivity index (χ3v) is 1.01. The van der Waals surface area contributed by atoms with Crippen LogP contribution in [0.2, 0.25) is 0 Å². The average Bonchev–Trinajstić information content (AvgIpc) is 1.83. The Balaban J connectivity index is 0. The molecule has 0 aliphatic rings. The van der Waals surface area contributed by atoms with Crippen LogP contribution in [-0.2, 0) is 4.79 Å². The molecule has 3 heteroatoms. The van der Waals surface area contributed by atoms with Gasteiger partial charge in [-0.3, -0.25) is 0 Å². The van der Waals surface area contributed by atoms with Gasteiger partial charge in [-0.15, -0.1) is 0 Å². The molecule has 1 unspecified atom stereocenters. The number of carbonyl (C=O) groups excluding carboxylic acids is 1. The highest BCUT2D eigenvalue weighted by molar-refractivity contribution is 5.55. The molecule has 0 rings (SSSR count). The average molecular weight is 134 g/mol. The Kier molecular flexibility index (Phi) is 9.61. The summed E-state index contributed by atoms with van der Waals surface area (Å²) < 4.78 is 0. The summed E-state index contributed by atoms with van der Waals surface area (Å²) in [4.78, 5) is 9.76. The van der Waals surface area contributed by atoms with Gasteiger partial charge in [0.15, 0.2) is 0 Å². The first-order valence-electron chi connectivity index (χ1n) is 2.94. The maximum Gasteiger partial charge on any atom is 0.148 e. The standard InChI is InChI=1S/C6H12O2.H2O/c1-2-3-4-6(8)5-7;/h5-6,8H,2-4H2,1H3;1H2. The summed E-state index contributed by atoms with van der Waals surface area (Å²) in [5.41, 5.74) is 0. The van der Waals surface area contributed by atoms with E-state index in [1.165, 1.54) is 0 Å². The van der Waals surface area contributed by atoms with E-state index in [4.69, 9.17) is 5.11 Å². The lowest BCUT2D eigenvalue weighted by atomic mass is 10.2. The first kappa shape index (κ1) is 11.4. The second kappa shape index (κ2) is 7.59. The fourth-order valence-corrected chi connectivity index (χ4v) is 0.481. The van der Waals surface area contributed by atoms with Gasteiger partial charge in [-0.1, -0.05) is 19.8 Å². The maximum atomic E-state index is 9.76. The molecule has 0 heterocycles. The minimum atomic E-state index is -0.727. The van der Waals surface area contributed by atoms with Crippen molar-refractivity contribution in [3.05, 3.63) is 0 Å². The Bertz CT molecular complexity index is 63.3. The molecular weight excluding hydrogens is 120 g/mol. The molecule has 3 nitrogen and oxygen atoms in total. The van der Waals surface area contributed by atoms with Crippen LogP contribution in [-0.4, -0.2) is 23.0 Å². The molecule has 0 saturated carbocycles. The number of hydrogen-bond acceptors (Lipinski definition) is 2. The molecule has 56 valence electrons. The van der Waals surface area contributed by atoms with Gasteiger partial charge < -0.3 is 15.4 Å². The van der Waals surface area contributed by atoms with E-state index in [1.54, 1.807) is 0 Å². The van der Waals surface area contributed by atoms with Crippen LogP contribution in [0, 0.1) is 0 Å². The third-order valence-electron chi connectivity index (χ3n) is 1.01. The van der Waals surface area contributed by atoms with Crippen molar-refractivity contribution in [2.75, 3.05) is 0 Å². The fraction of sp³-hybridized carbons (Fsp3) is 0.833. The van der Waals surface area contributed by atoms with Gasteiger partial charge in [0.2, 0.25) is 0 Å². The first-order chi connectivity index (χ1) is 3.81. The van der Waals surface area contributed by atoms with Crippen LogP contribution in [0.15, 0.2) is 0 Å². The molecule has 0 aliphatic heterocycles. The highest BCUT2D eigenvalue weighted by Crippen LogP contribution is 1.96. The topological polar surface area (TPSA) is 68.8 Å². The Morgan fingerprint density at radius 2 is 2.22 bits per heavy atom. The number of rotatable bonds is 4. The summed E-state index contributed by atoms with van der Waals surface area (Å²) in [6.45, 7) is 2.03. The van der Waals surface area contributed by atoms with E-state index in [0.717, 1.165) is 12.8 Å². The molecule has 0 fully saturated rings.